The van der Waals surface area contributed by atoms with E-state index in [1.165, 1.54) is 16.7 Å². The molecule has 154 valence electrons. The molecule has 4 rings (SSSR count). The Morgan fingerprint density at radius 1 is 1.03 bits per heavy atom. The smallest absolute Gasteiger partial charge is 0.213 e. The lowest BCUT2D eigenvalue weighted by atomic mass is 9.97. The van der Waals surface area contributed by atoms with E-state index in [-0.39, 0.29) is 5.75 Å². The van der Waals surface area contributed by atoms with Gasteiger partial charge < -0.3 is 9.84 Å². The number of fused-ring (bicyclic) bond motifs is 2. The van der Waals surface area contributed by atoms with Crippen molar-refractivity contribution >= 4 is 10.9 Å². The minimum absolute atomic E-state index is 0.193. The van der Waals surface area contributed by atoms with Gasteiger partial charge in [-0.3, -0.25) is 4.90 Å². The molecule has 1 N–H and O–H groups in total. The number of rotatable bonds is 6. The second-order valence-corrected chi connectivity index (χ2v) is 7.35. The van der Waals surface area contributed by atoms with E-state index in [1.54, 1.807) is 6.07 Å². The van der Waals surface area contributed by atoms with Gasteiger partial charge in [0.05, 0.1) is 6.61 Å². The van der Waals surface area contributed by atoms with Crippen molar-refractivity contribution in [3.63, 3.8) is 0 Å². The van der Waals surface area contributed by atoms with Gasteiger partial charge in [0.1, 0.15) is 11.3 Å². The molecule has 4 heteroatoms. The fourth-order valence-corrected chi connectivity index (χ4v) is 3.74. The first-order chi connectivity index (χ1) is 14.2. The van der Waals surface area contributed by atoms with Crippen LogP contribution >= 0.6 is 0 Å². The first-order valence-electron chi connectivity index (χ1n) is 10.7. The third-order valence-corrected chi connectivity index (χ3v) is 5.25. The van der Waals surface area contributed by atoms with Crippen LogP contribution in [0.3, 0.4) is 0 Å². The van der Waals surface area contributed by atoms with Crippen LogP contribution in [0.5, 0.6) is 11.6 Å². The average Bonchev–Trinajstić information content (AvgIpc) is 2.75. The first kappa shape index (κ1) is 21.1. The summed E-state index contributed by atoms with van der Waals surface area (Å²) in [6.07, 6.45) is 3.26. The number of unbranched alkanes of at least 4 members (excludes halogenated alkanes) is 1. The Morgan fingerprint density at radius 2 is 1.90 bits per heavy atom. The van der Waals surface area contributed by atoms with Crippen LogP contribution in [-0.2, 0) is 13.0 Å². The topological polar surface area (TPSA) is 45.6 Å². The quantitative estimate of drug-likeness (QED) is 0.563. The van der Waals surface area contributed by atoms with Gasteiger partial charge in [-0.05, 0) is 56.0 Å². The second-order valence-electron chi connectivity index (χ2n) is 7.35. The molecule has 0 atom stereocenters. The van der Waals surface area contributed by atoms with E-state index in [0.717, 1.165) is 44.3 Å². The number of phenolic OH excluding ortho intramolecular Hbond substituents is 1. The molecule has 0 fully saturated rings. The number of aromatic hydroxyl groups is 1. The molecule has 2 aromatic carbocycles. The third kappa shape index (κ3) is 5.48. The minimum Gasteiger partial charge on any atom is -0.506 e. The van der Waals surface area contributed by atoms with E-state index in [0.29, 0.717) is 18.0 Å². The number of phenols is 1. The summed E-state index contributed by atoms with van der Waals surface area (Å²) in [5.41, 5.74) is 4.94. The zero-order valence-electron chi connectivity index (χ0n) is 17.8. The zero-order chi connectivity index (χ0) is 20.6. The van der Waals surface area contributed by atoms with Crippen LogP contribution in [0.15, 0.2) is 48.5 Å². The van der Waals surface area contributed by atoms with Crippen LogP contribution in [0.4, 0.5) is 0 Å². The number of ether oxygens (including phenoxy) is 1. The predicted molar refractivity (Wildman–Crippen MR) is 120 cm³/mol. The standard InChI is InChI=1S/C23H26N2O2.C2H6/c1-17-7-8-20-16-25(13-11-19(20)15-17)12-2-3-14-27-22-10-9-18-5-4-6-21(26)23(18)24-22;1-2/h4-10,15,26H,2-3,11-14,16H2,1H3;1-2H3. The molecule has 1 aliphatic heterocycles. The fourth-order valence-electron chi connectivity index (χ4n) is 3.74. The second kappa shape index (κ2) is 10.3. The molecule has 0 bridgehead atoms. The molecule has 0 radical (unpaired) electrons. The third-order valence-electron chi connectivity index (χ3n) is 5.25. The van der Waals surface area contributed by atoms with Crippen molar-refractivity contribution < 1.29 is 9.84 Å². The van der Waals surface area contributed by atoms with Crippen LogP contribution in [0.2, 0.25) is 0 Å². The Bertz CT molecular complexity index is 939. The number of aromatic nitrogens is 1. The summed E-state index contributed by atoms with van der Waals surface area (Å²) in [6.45, 7) is 10.1. The van der Waals surface area contributed by atoms with Crippen molar-refractivity contribution in [3.8, 4) is 11.6 Å². The summed E-state index contributed by atoms with van der Waals surface area (Å²) in [5.74, 6) is 0.768. The Hall–Kier alpha value is -2.59. The van der Waals surface area contributed by atoms with Gasteiger partial charge in [0.15, 0.2) is 0 Å². The van der Waals surface area contributed by atoms with E-state index in [4.69, 9.17) is 4.74 Å². The Balaban J connectivity index is 0.00000117. The molecule has 0 saturated carbocycles. The molecule has 1 aromatic heterocycles. The Morgan fingerprint density at radius 3 is 2.76 bits per heavy atom. The van der Waals surface area contributed by atoms with Crippen molar-refractivity contribution in [1.82, 2.24) is 9.88 Å². The number of pyridine rings is 1. The molecule has 2 heterocycles. The van der Waals surface area contributed by atoms with Gasteiger partial charge in [-0.25, -0.2) is 4.98 Å². The monoisotopic (exact) mass is 392 g/mol. The van der Waals surface area contributed by atoms with Crippen LogP contribution in [0.25, 0.3) is 10.9 Å². The number of para-hydroxylation sites is 1. The van der Waals surface area contributed by atoms with Crippen LogP contribution < -0.4 is 4.74 Å². The fraction of sp³-hybridized carbons (Fsp3) is 0.400. The molecule has 3 aromatic rings. The lowest BCUT2D eigenvalue weighted by molar-refractivity contribution is 0.233. The Kier molecular flexibility index (Phi) is 7.48. The number of hydrogen-bond acceptors (Lipinski definition) is 4. The average molecular weight is 393 g/mol. The Labute approximate surface area is 174 Å². The maximum absolute atomic E-state index is 9.91. The number of nitrogens with zero attached hydrogens (tertiary/aromatic N) is 2. The normalized spacial score (nSPS) is 13.5. The lowest BCUT2D eigenvalue weighted by Gasteiger charge is -2.29. The molecule has 0 amide bonds. The van der Waals surface area contributed by atoms with Gasteiger partial charge in [0, 0.05) is 24.5 Å². The van der Waals surface area contributed by atoms with Crippen molar-refractivity contribution in [1.29, 1.82) is 0 Å². The van der Waals surface area contributed by atoms with Gasteiger partial charge >= 0.3 is 0 Å². The highest BCUT2D eigenvalue weighted by atomic mass is 16.5. The maximum Gasteiger partial charge on any atom is 0.213 e. The maximum atomic E-state index is 9.91. The molecule has 0 saturated heterocycles. The summed E-state index contributed by atoms with van der Waals surface area (Å²) in [5, 5.41) is 10.8. The van der Waals surface area contributed by atoms with Crippen LogP contribution in [0.1, 0.15) is 43.4 Å². The van der Waals surface area contributed by atoms with Gasteiger partial charge in [0.2, 0.25) is 5.88 Å². The van der Waals surface area contributed by atoms with Crippen LogP contribution in [0, 0.1) is 6.92 Å². The minimum atomic E-state index is 0.193. The predicted octanol–water partition coefficient (Wildman–Crippen LogP) is 5.49. The van der Waals surface area contributed by atoms with Gasteiger partial charge in [-0.1, -0.05) is 49.7 Å². The van der Waals surface area contributed by atoms with Crippen molar-refractivity contribution in [3.05, 3.63) is 65.2 Å². The number of aryl methyl sites for hydroxylation is 1. The molecule has 29 heavy (non-hydrogen) atoms. The molecule has 4 nitrogen and oxygen atoms in total. The largest absolute Gasteiger partial charge is 0.506 e. The van der Waals surface area contributed by atoms with Gasteiger partial charge in [-0.2, -0.15) is 0 Å². The van der Waals surface area contributed by atoms with E-state index < -0.39 is 0 Å². The SMILES string of the molecule is CC.Cc1ccc2c(c1)CCN(CCCCOc1ccc3cccc(O)c3n1)C2. The lowest BCUT2D eigenvalue weighted by Crippen LogP contribution is -2.31. The van der Waals surface area contributed by atoms with Gasteiger partial charge in [-0.15, -0.1) is 0 Å². The van der Waals surface area contributed by atoms with Gasteiger partial charge in [0.25, 0.3) is 0 Å². The van der Waals surface area contributed by atoms with Crippen molar-refractivity contribution in [2.24, 2.45) is 0 Å². The van der Waals surface area contributed by atoms with Crippen molar-refractivity contribution in [2.45, 2.75) is 46.6 Å². The summed E-state index contributed by atoms with van der Waals surface area (Å²) >= 11 is 0. The van der Waals surface area contributed by atoms with E-state index >= 15 is 0 Å². The summed E-state index contributed by atoms with van der Waals surface area (Å²) in [4.78, 5) is 6.94. The van der Waals surface area contributed by atoms with Crippen molar-refractivity contribution in [2.75, 3.05) is 19.7 Å². The van der Waals surface area contributed by atoms with Crippen LogP contribution in [-0.4, -0.2) is 34.7 Å². The first-order valence-corrected chi connectivity index (χ1v) is 10.7. The molecular formula is C25H32N2O2. The summed E-state index contributed by atoms with van der Waals surface area (Å²) in [6, 6.07) is 16.0. The number of hydrogen-bond donors (Lipinski definition) is 1. The highest BCUT2D eigenvalue weighted by molar-refractivity contribution is 5.84. The molecule has 0 aliphatic carbocycles. The summed E-state index contributed by atoms with van der Waals surface area (Å²) < 4.78 is 5.79. The van der Waals surface area contributed by atoms with E-state index in [2.05, 4.69) is 35.0 Å². The van der Waals surface area contributed by atoms with E-state index in [9.17, 15) is 5.11 Å². The molecule has 0 spiro atoms. The molecule has 0 unspecified atom stereocenters. The summed E-state index contributed by atoms with van der Waals surface area (Å²) in [7, 11) is 0. The number of benzene rings is 2. The zero-order valence-corrected chi connectivity index (χ0v) is 17.8. The molecule has 1 aliphatic rings. The molecular weight excluding hydrogens is 360 g/mol. The highest BCUT2D eigenvalue weighted by Gasteiger charge is 2.15. The van der Waals surface area contributed by atoms with E-state index in [1.807, 2.05) is 38.1 Å². The highest BCUT2D eigenvalue weighted by Crippen LogP contribution is 2.25.